The smallest absolute Gasteiger partial charge is 0.296 e. The summed E-state index contributed by atoms with van der Waals surface area (Å²) in [5.41, 5.74) is 0.0253. The van der Waals surface area contributed by atoms with Gasteiger partial charge in [0.15, 0.2) is 0 Å². The largest absolute Gasteiger partial charge is 0.496 e. The molecule has 1 N–H and O–H groups in total. The highest BCUT2D eigenvalue weighted by molar-refractivity contribution is 6.30. The first kappa shape index (κ1) is 18.0. The van der Waals surface area contributed by atoms with Gasteiger partial charge in [0.05, 0.1) is 18.1 Å². The third-order valence-corrected chi connectivity index (χ3v) is 3.45. The lowest BCUT2D eigenvalue weighted by atomic mass is 10.1. The molecule has 0 atom stereocenters. The van der Waals surface area contributed by atoms with Crippen LogP contribution in [0.1, 0.15) is 5.56 Å². The number of hydrogen-bond acceptors (Lipinski definition) is 5. The summed E-state index contributed by atoms with van der Waals surface area (Å²) in [5.74, 6) is -0.479. The van der Waals surface area contributed by atoms with E-state index in [0.29, 0.717) is 10.6 Å². The standard InChI is InChI=1S/C17H12ClN3O4/c1-25-14-6-7-15(16(9-14)21(23)24)20-17(22)12(10-19)8-11-2-4-13(18)5-3-11/h2-9H,1H3,(H,20,22)/b12-8+. The second-order valence-corrected chi connectivity index (χ2v) is 5.25. The van der Waals surface area contributed by atoms with Crippen LogP contribution in [0.5, 0.6) is 5.75 Å². The summed E-state index contributed by atoms with van der Waals surface area (Å²) in [5, 5.41) is 23.2. The third kappa shape index (κ3) is 4.56. The molecular formula is C17H12ClN3O4. The van der Waals surface area contributed by atoms with Crippen LogP contribution in [0, 0.1) is 21.4 Å². The topological polar surface area (TPSA) is 105 Å². The summed E-state index contributed by atoms with van der Waals surface area (Å²) < 4.78 is 4.93. The molecule has 0 saturated carbocycles. The molecule has 0 radical (unpaired) electrons. The van der Waals surface area contributed by atoms with Gasteiger partial charge in [0, 0.05) is 5.02 Å². The first-order chi connectivity index (χ1) is 11.9. The van der Waals surface area contributed by atoms with Gasteiger partial charge in [-0.1, -0.05) is 23.7 Å². The van der Waals surface area contributed by atoms with Gasteiger partial charge in [-0.15, -0.1) is 0 Å². The molecular weight excluding hydrogens is 346 g/mol. The van der Waals surface area contributed by atoms with E-state index in [1.54, 1.807) is 30.3 Å². The normalized spacial score (nSPS) is 10.7. The van der Waals surface area contributed by atoms with Crippen molar-refractivity contribution in [3.8, 4) is 11.8 Å². The highest BCUT2D eigenvalue weighted by atomic mass is 35.5. The molecule has 0 aliphatic carbocycles. The minimum absolute atomic E-state index is 0.0342. The van der Waals surface area contributed by atoms with Crippen molar-refractivity contribution >= 4 is 35.0 Å². The fourth-order valence-electron chi connectivity index (χ4n) is 1.96. The van der Waals surface area contributed by atoms with Crippen LogP contribution in [0.15, 0.2) is 48.0 Å². The van der Waals surface area contributed by atoms with Crippen LogP contribution in [-0.4, -0.2) is 17.9 Å². The van der Waals surface area contributed by atoms with Gasteiger partial charge in [-0.2, -0.15) is 5.26 Å². The molecule has 0 bridgehead atoms. The molecule has 0 saturated heterocycles. The molecule has 0 heterocycles. The van der Waals surface area contributed by atoms with E-state index in [1.165, 1.54) is 31.4 Å². The lowest BCUT2D eigenvalue weighted by Gasteiger charge is -2.07. The Balaban J connectivity index is 2.30. The average Bonchev–Trinajstić information content (AvgIpc) is 2.61. The van der Waals surface area contributed by atoms with E-state index in [0.717, 1.165) is 0 Å². The number of benzene rings is 2. The van der Waals surface area contributed by atoms with Crippen molar-refractivity contribution in [2.45, 2.75) is 0 Å². The minimum Gasteiger partial charge on any atom is -0.496 e. The van der Waals surface area contributed by atoms with Gasteiger partial charge in [0.2, 0.25) is 0 Å². The lowest BCUT2D eigenvalue weighted by Crippen LogP contribution is -2.14. The van der Waals surface area contributed by atoms with E-state index in [1.807, 2.05) is 0 Å². The number of halogens is 1. The predicted octanol–water partition coefficient (Wildman–Crippen LogP) is 3.80. The van der Waals surface area contributed by atoms with Crippen molar-refractivity contribution in [3.63, 3.8) is 0 Å². The van der Waals surface area contributed by atoms with Gasteiger partial charge < -0.3 is 10.1 Å². The first-order valence-electron chi connectivity index (χ1n) is 6.95. The Morgan fingerprint density at radius 3 is 2.56 bits per heavy atom. The van der Waals surface area contributed by atoms with E-state index in [-0.39, 0.29) is 22.7 Å². The minimum atomic E-state index is -0.759. The Bertz CT molecular complexity index is 886. The van der Waals surface area contributed by atoms with Crippen LogP contribution < -0.4 is 10.1 Å². The van der Waals surface area contributed by atoms with E-state index in [2.05, 4.69) is 5.32 Å². The quantitative estimate of drug-likeness (QED) is 0.379. The van der Waals surface area contributed by atoms with Gasteiger partial charge in [0.25, 0.3) is 11.6 Å². The lowest BCUT2D eigenvalue weighted by molar-refractivity contribution is -0.384. The Morgan fingerprint density at radius 1 is 1.32 bits per heavy atom. The van der Waals surface area contributed by atoms with Gasteiger partial charge >= 0.3 is 0 Å². The third-order valence-electron chi connectivity index (χ3n) is 3.20. The van der Waals surface area contributed by atoms with Crippen LogP contribution in [-0.2, 0) is 4.79 Å². The molecule has 126 valence electrons. The molecule has 0 unspecified atom stereocenters. The maximum Gasteiger partial charge on any atom is 0.296 e. The Kier molecular flexibility index (Phi) is 5.71. The Labute approximate surface area is 148 Å². The number of anilines is 1. The fraction of sp³-hybridized carbons (Fsp3) is 0.0588. The molecule has 2 aromatic rings. The van der Waals surface area contributed by atoms with Crippen molar-refractivity contribution in [3.05, 3.63) is 68.7 Å². The highest BCUT2D eigenvalue weighted by Crippen LogP contribution is 2.29. The van der Waals surface area contributed by atoms with Gasteiger partial charge in [0.1, 0.15) is 23.1 Å². The maximum atomic E-state index is 12.3. The van der Waals surface area contributed by atoms with Crippen molar-refractivity contribution in [1.29, 1.82) is 5.26 Å². The molecule has 0 aromatic heterocycles. The van der Waals surface area contributed by atoms with Gasteiger partial charge in [-0.3, -0.25) is 14.9 Å². The molecule has 1 amide bonds. The van der Waals surface area contributed by atoms with Gasteiger partial charge in [-0.05, 0) is 35.9 Å². The van der Waals surface area contributed by atoms with Crippen molar-refractivity contribution in [2.75, 3.05) is 12.4 Å². The number of carbonyl (C=O) groups is 1. The van der Waals surface area contributed by atoms with E-state index < -0.39 is 10.8 Å². The number of amides is 1. The molecule has 8 heteroatoms. The van der Waals surface area contributed by atoms with E-state index in [9.17, 15) is 20.2 Å². The summed E-state index contributed by atoms with van der Waals surface area (Å²) in [6, 6.07) is 12.3. The highest BCUT2D eigenvalue weighted by Gasteiger charge is 2.19. The van der Waals surface area contributed by atoms with Crippen molar-refractivity contribution in [2.24, 2.45) is 0 Å². The number of carbonyl (C=O) groups excluding carboxylic acids is 1. The van der Waals surface area contributed by atoms with Crippen LogP contribution in [0.4, 0.5) is 11.4 Å². The van der Waals surface area contributed by atoms with Crippen LogP contribution >= 0.6 is 11.6 Å². The monoisotopic (exact) mass is 357 g/mol. The Morgan fingerprint density at radius 2 is 2.00 bits per heavy atom. The summed E-state index contributed by atoms with van der Waals surface area (Å²) in [6.45, 7) is 0. The average molecular weight is 358 g/mol. The Hall–Kier alpha value is -3.37. The first-order valence-corrected chi connectivity index (χ1v) is 7.33. The molecule has 0 aliphatic rings. The number of nitriles is 1. The number of nitro groups is 1. The maximum absolute atomic E-state index is 12.3. The van der Waals surface area contributed by atoms with Crippen molar-refractivity contribution in [1.82, 2.24) is 0 Å². The zero-order valence-electron chi connectivity index (χ0n) is 13.0. The summed E-state index contributed by atoms with van der Waals surface area (Å²) in [4.78, 5) is 22.8. The number of rotatable bonds is 5. The number of methoxy groups -OCH3 is 1. The molecule has 25 heavy (non-hydrogen) atoms. The zero-order chi connectivity index (χ0) is 18.4. The molecule has 0 fully saturated rings. The van der Waals surface area contributed by atoms with Crippen molar-refractivity contribution < 1.29 is 14.5 Å². The predicted molar refractivity (Wildman–Crippen MR) is 93.3 cm³/mol. The van der Waals surface area contributed by atoms with E-state index >= 15 is 0 Å². The van der Waals surface area contributed by atoms with Crippen LogP contribution in [0.3, 0.4) is 0 Å². The molecule has 0 spiro atoms. The molecule has 2 rings (SSSR count). The number of nitrogens with one attached hydrogen (secondary N) is 1. The summed E-state index contributed by atoms with van der Waals surface area (Å²) in [6.07, 6.45) is 1.36. The second-order valence-electron chi connectivity index (χ2n) is 4.82. The summed E-state index contributed by atoms with van der Waals surface area (Å²) >= 11 is 5.78. The molecule has 0 aliphatic heterocycles. The fourth-order valence-corrected chi connectivity index (χ4v) is 2.09. The second kappa shape index (κ2) is 7.95. The van der Waals surface area contributed by atoms with Crippen LogP contribution in [0.2, 0.25) is 5.02 Å². The molecule has 7 nitrogen and oxygen atoms in total. The van der Waals surface area contributed by atoms with Crippen LogP contribution in [0.25, 0.3) is 6.08 Å². The zero-order valence-corrected chi connectivity index (χ0v) is 13.8. The number of hydrogen-bond donors (Lipinski definition) is 1. The SMILES string of the molecule is COc1ccc(NC(=O)/C(C#N)=C/c2ccc(Cl)cc2)c([N+](=O)[O-])c1. The number of nitro benzene ring substituents is 1. The summed E-state index contributed by atoms with van der Waals surface area (Å²) in [7, 11) is 1.37. The number of ether oxygens (including phenoxy) is 1. The van der Waals surface area contributed by atoms with E-state index in [4.69, 9.17) is 16.3 Å². The number of nitrogens with zero attached hydrogens (tertiary/aromatic N) is 2. The van der Waals surface area contributed by atoms with Gasteiger partial charge in [-0.25, -0.2) is 0 Å². The molecule has 2 aromatic carbocycles.